The summed E-state index contributed by atoms with van der Waals surface area (Å²) >= 11 is 0. The lowest BCUT2D eigenvalue weighted by Gasteiger charge is -2.37. The number of aliphatic hydroxyl groups is 1. The van der Waals surface area contributed by atoms with Gasteiger partial charge in [-0.3, -0.25) is 9.59 Å². The van der Waals surface area contributed by atoms with Gasteiger partial charge in [-0.1, -0.05) is 24.6 Å². The maximum atomic E-state index is 13.8. The highest BCUT2D eigenvalue weighted by atomic mass is 19.1. The standard InChI is InChI=1S/C26H29FN2O5/c27-21-7-2-1-4-16(21)13-28-24(31)12-18-11-20-19-10-17(29-26(32)15-5-3-6-15)8-9-22(19)34-25(20)23(14-30)33-18/h1-2,4,7-10,15,18,20,23,25,30H,3,5-6,11-14H2,(H,28,31)(H,29,32)/t18-,20+,23-,25-/m1/s1. The zero-order chi connectivity index (χ0) is 23.7. The van der Waals surface area contributed by atoms with E-state index in [1.807, 2.05) is 18.2 Å². The van der Waals surface area contributed by atoms with Crippen molar-refractivity contribution in [2.24, 2.45) is 5.92 Å². The van der Waals surface area contributed by atoms with Crippen molar-refractivity contribution in [2.45, 2.75) is 62.9 Å². The summed E-state index contributed by atoms with van der Waals surface area (Å²) in [4.78, 5) is 24.9. The number of amides is 2. The Hall–Kier alpha value is -2.97. The van der Waals surface area contributed by atoms with Gasteiger partial charge >= 0.3 is 0 Å². The number of benzene rings is 2. The number of halogens is 1. The van der Waals surface area contributed by atoms with Crippen LogP contribution in [-0.2, 0) is 20.9 Å². The summed E-state index contributed by atoms with van der Waals surface area (Å²) in [5.74, 6) is 0.177. The molecule has 2 aliphatic heterocycles. The first-order valence-corrected chi connectivity index (χ1v) is 11.9. The molecule has 3 N–H and O–H groups in total. The van der Waals surface area contributed by atoms with Gasteiger partial charge in [0.15, 0.2) is 0 Å². The van der Waals surface area contributed by atoms with Gasteiger partial charge < -0.3 is 25.2 Å². The minimum atomic E-state index is -0.566. The first kappa shape index (κ1) is 22.8. The number of nitrogens with one attached hydrogen (secondary N) is 2. The lowest BCUT2D eigenvalue weighted by Crippen LogP contribution is -2.47. The molecule has 0 bridgehead atoms. The monoisotopic (exact) mass is 468 g/mol. The van der Waals surface area contributed by atoms with Crippen LogP contribution in [0.1, 0.15) is 49.1 Å². The highest BCUT2D eigenvalue weighted by Gasteiger charge is 2.46. The number of carbonyl (C=O) groups is 2. The molecule has 0 spiro atoms. The molecule has 180 valence electrons. The third-order valence-corrected chi connectivity index (χ3v) is 7.09. The van der Waals surface area contributed by atoms with Crippen molar-refractivity contribution >= 4 is 17.5 Å². The van der Waals surface area contributed by atoms with E-state index in [1.165, 1.54) is 6.07 Å². The number of hydrogen-bond acceptors (Lipinski definition) is 5. The third kappa shape index (κ3) is 4.65. The molecule has 2 heterocycles. The van der Waals surface area contributed by atoms with Crippen molar-refractivity contribution in [3.63, 3.8) is 0 Å². The zero-order valence-electron chi connectivity index (χ0n) is 18.8. The number of ether oxygens (including phenoxy) is 2. The van der Waals surface area contributed by atoms with Crippen LogP contribution in [0.25, 0.3) is 0 Å². The number of aliphatic hydroxyl groups excluding tert-OH is 1. The summed E-state index contributed by atoms with van der Waals surface area (Å²) in [5, 5.41) is 15.7. The lowest BCUT2D eigenvalue weighted by atomic mass is 9.83. The molecule has 1 saturated carbocycles. The molecular formula is C26H29FN2O5. The van der Waals surface area contributed by atoms with Crippen LogP contribution in [0.4, 0.5) is 10.1 Å². The predicted octanol–water partition coefficient (Wildman–Crippen LogP) is 3.27. The molecule has 7 nitrogen and oxygen atoms in total. The van der Waals surface area contributed by atoms with Crippen molar-refractivity contribution in [3.05, 3.63) is 59.4 Å². The Kier molecular flexibility index (Phi) is 6.52. The largest absolute Gasteiger partial charge is 0.487 e. The summed E-state index contributed by atoms with van der Waals surface area (Å²) in [5.41, 5.74) is 2.10. The smallest absolute Gasteiger partial charge is 0.227 e. The number of carbonyl (C=O) groups excluding carboxylic acids is 2. The van der Waals surface area contributed by atoms with E-state index in [-0.39, 0.29) is 55.1 Å². The van der Waals surface area contributed by atoms with Gasteiger partial charge in [-0.05, 0) is 43.5 Å². The maximum Gasteiger partial charge on any atom is 0.227 e. The van der Waals surface area contributed by atoms with E-state index in [4.69, 9.17) is 9.47 Å². The Labute approximate surface area is 197 Å². The van der Waals surface area contributed by atoms with E-state index in [9.17, 15) is 19.1 Å². The van der Waals surface area contributed by atoms with Crippen LogP contribution >= 0.6 is 0 Å². The number of rotatable bonds is 7. The number of fused-ring (bicyclic) bond motifs is 3. The molecule has 0 radical (unpaired) electrons. The van der Waals surface area contributed by atoms with Crippen LogP contribution in [-0.4, -0.2) is 41.8 Å². The fraction of sp³-hybridized carbons (Fsp3) is 0.462. The van der Waals surface area contributed by atoms with Crippen molar-refractivity contribution in [3.8, 4) is 5.75 Å². The minimum absolute atomic E-state index is 0.0475. The first-order valence-electron chi connectivity index (χ1n) is 11.9. The lowest BCUT2D eigenvalue weighted by molar-refractivity contribution is -0.142. The summed E-state index contributed by atoms with van der Waals surface area (Å²) in [6.45, 7) is -0.128. The molecule has 34 heavy (non-hydrogen) atoms. The molecule has 2 aromatic rings. The molecule has 3 aliphatic rings. The summed E-state index contributed by atoms with van der Waals surface area (Å²) in [7, 11) is 0. The Bertz CT molecular complexity index is 1070. The van der Waals surface area contributed by atoms with Crippen molar-refractivity contribution < 1.29 is 28.6 Å². The van der Waals surface area contributed by atoms with Crippen molar-refractivity contribution in [2.75, 3.05) is 11.9 Å². The fourth-order valence-corrected chi connectivity index (χ4v) is 5.00. The molecule has 0 aromatic heterocycles. The molecule has 4 atom stereocenters. The van der Waals surface area contributed by atoms with Gasteiger partial charge in [0, 0.05) is 35.2 Å². The second kappa shape index (κ2) is 9.72. The van der Waals surface area contributed by atoms with E-state index < -0.39 is 12.2 Å². The van der Waals surface area contributed by atoms with E-state index in [0.717, 1.165) is 30.5 Å². The average Bonchev–Trinajstić information content (AvgIpc) is 3.15. The average molecular weight is 469 g/mol. The van der Waals surface area contributed by atoms with Crippen LogP contribution in [0.15, 0.2) is 42.5 Å². The molecule has 5 rings (SSSR count). The molecule has 2 aromatic carbocycles. The third-order valence-electron chi connectivity index (χ3n) is 7.09. The topological polar surface area (TPSA) is 96.9 Å². The number of hydrogen-bond donors (Lipinski definition) is 3. The highest BCUT2D eigenvalue weighted by molar-refractivity contribution is 5.93. The van der Waals surface area contributed by atoms with E-state index in [2.05, 4.69) is 10.6 Å². The van der Waals surface area contributed by atoms with Crippen LogP contribution in [0, 0.1) is 11.7 Å². The molecule has 2 fully saturated rings. The van der Waals surface area contributed by atoms with Gasteiger partial charge in [-0.25, -0.2) is 4.39 Å². The minimum Gasteiger partial charge on any atom is -0.487 e. The van der Waals surface area contributed by atoms with Gasteiger partial charge in [0.05, 0.1) is 19.1 Å². The van der Waals surface area contributed by atoms with Crippen LogP contribution in [0.3, 0.4) is 0 Å². The van der Waals surface area contributed by atoms with Crippen molar-refractivity contribution in [1.82, 2.24) is 5.32 Å². The SMILES string of the molecule is O=C(C[C@H]1C[C@H]2c3cc(NC(=O)C4CCC4)ccc3O[C@H]2[C@@H](CO)O1)NCc1ccccc1F. The van der Waals surface area contributed by atoms with Gasteiger partial charge in [-0.15, -0.1) is 0 Å². The Morgan fingerprint density at radius 2 is 1.97 bits per heavy atom. The van der Waals surface area contributed by atoms with E-state index in [0.29, 0.717) is 17.7 Å². The molecule has 2 amide bonds. The second-order valence-corrected chi connectivity index (χ2v) is 9.35. The molecule has 1 saturated heterocycles. The normalized spacial score (nSPS) is 25.5. The second-order valence-electron chi connectivity index (χ2n) is 9.35. The summed E-state index contributed by atoms with van der Waals surface area (Å²) in [6, 6.07) is 11.9. The quantitative estimate of drug-likeness (QED) is 0.580. The highest BCUT2D eigenvalue weighted by Crippen LogP contribution is 2.47. The molecular weight excluding hydrogens is 439 g/mol. The predicted molar refractivity (Wildman–Crippen MR) is 123 cm³/mol. The summed E-state index contributed by atoms with van der Waals surface area (Å²) in [6.07, 6.45) is 2.27. The Balaban J connectivity index is 1.24. The fourth-order valence-electron chi connectivity index (χ4n) is 5.00. The van der Waals surface area contributed by atoms with Gasteiger partial charge in [0.25, 0.3) is 0 Å². The van der Waals surface area contributed by atoms with Gasteiger partial charge in [0.1, 0.15) is 23.8 Å². The molecule has 1 aliphatic carbocycles. The maximum absolute atomic E-state index is 13.8. The van der Waals surface area contributed by atoms with Gasteiger partial charge in [0.2, 0.25) is 11.8 Å². The van der Waals surface area contributed by atoms with E-state index in [1.54, 1.807) is 18.2 Å². The van der Waals surface area contributed by atoms with E-state index >= 15 is 0 Å². The van der Waals surface area contributed by atoms with Crippen LogP contribution in [0.5, 0.6) is 5.75 Å². The van der Waals surface area contributed by atoms with Crippen LogP contribution in [0.2, 0.25) is 0 Å². The molecule has 0 unspecified atom stereocenters. The summed E-state index contributed by atoms with van der Waals surface area (Å²) < 4.78 is 25.9. The number of anilines is 1. The van der Waals surface area contributed by atoms with Crippen molar-refractivity contribution in [1.29, 1.82) is 0 Å². The first-order chi connectivity index (χ1) is 16.5. The Morgan fingerprint density at radius 3 is 2.71 bits per heavy atom. The van der Waals surface area contributed by atoms with Gasteiger partial charge in [-0.2, -0.15) is 0 Å². The molecule has 8 heteroatoms. The van der Waals surface area contributed by atoms with Crippen LogP contribution < -0.4 is 15.4 Å². The Morgan fingerprint density at radius 1 is 1.15 bits per heavy atom. The zero-order valence-corrected chi connectivity index (χ0v) is 18.8.